The molecule has 1 aliphatic carbocycles. The van der Waals surface area contributed by atoms with Gasteiger partial charge in [0.2, 0.25) is 0 Å². The van der Waals surface area contributed by atoms with Gasteiger partial charge in [-0.05, 0) is 81.3 Å². The van der Waals surface area contributed by atoms with Gasteiger partial charge in [0.25, 0.3) is 0 Å². The first-order chi connectivity index (χ1) is 25.9. The van der Waals surface area contributed by atoms with Gasteiger partial charge in [0, 0.05) is 38.7 Å². The van der Waals surface area contributed by atoms with E-state index in [1.807, 2.05) is 6.07 Å². The maximum absolute atomic E-state index is 5.31. The van der Waals surface area contributed by atoms with Crippen LogP contribution in [-0.2, 0) is 5.41 Å². The fraction of sp³-hybridized carbons (Fsp3) is 0.0800. The second-order valence-corrected chi connectivity index (χ2v) is 14.7. The first-order valence-electron chi connectivity index (χ1n) is 18.3. The third kappa shape index (κ3) is 4.81. The first-order valence-corrected chi connectivity index (χ1v) is 18.3. The average molecular weight is 680 g/mol. The third-order valence-corrected chi connectivity index (χ3v) is 11.2. The molecule has 53 heavy (non-hydrogen) atoms. The van der Waals surface area contributed by atoms with Crippen molar-refractivity contribution >= 4 is 39.1 Å². The monoisotopic (exact) mass is 679 g/mol. The fourth-order valence-corrected chi connectivity index (χ4v) is 8.75. The Morgan fingerprint density at radius 3 is 1.94 bits per heavy atom. The van der Waals surface area contributed by atoms with E-state index >= 15 is 0 Å². The Hall–Kier alpha value is -6.58. The van der Waals surface area contributed by atoms with Crippen molar-refractivity contribution in [2.75, 3.05) is 0 Å². The Labute approximate surface area is 310 Å². The predicted octanol–water partition coefficient (Wildman–Crippen LogP) is 12.7. The summed E-state index contributed by atoms with van der Waals surface area (Å²) in [5.41, 5.74) is 17.5. The molecule has 1 aliphatic heterocycles. The van der Waals surface area contributed by atoms with Crippen LogP contribution in [0.4, 0.5) is 0 Å². The van der Waals surface area contributed by atoms with Gasteiger partial charge >= 0.3 is 0 Å². The summed E-state index contributed by atoms with van der Waals surface area (Å²) in [6.45, 7) is 11.4. The number of para-hydroxylation sites is 1. The predicted molar refractivity (Wildman–Crippen MR) is 223 cm³/mol. The lowest BCUT2D eigenvalue weighted by molar-refractivity contribution is 0.662. The van der Waals surface area contributed by atoms with Crippen LogP contribution in [0.15, 0.2) is 174 Å². The molecule has 2 aliphatic rings. The van der Waals surface area contributed by atoms with Crippen LogP contribution in [0.25, 0.3) is 66.6 Å². The van der Waals surface area contributed by atoms with Crippen molar-refractivity contribution in [3.63, 3.8) is 0 Å². The molecule has 0 unspecified atom stereocenters. The number of aromatic nitrogens is 1. The van der Waals surface area contributed by atoms with Crippen molar-refractivity contribution in [3.8, 4) is 39.1 Å². The molecular weight excluding hydrogens is 643 g/mol. The highest BCUT2D eigenvalue weighted by atomic mass is 15.0. The summed E-state index contributed by atoms with van der Waals surface area (Å²) < 4.78 is 2.49. The molecule has 0 amide bonds. The SMILES string of the molecule is C=C1N=C(c2ccc(-c3ccccc3)cc2)N=C(C)c2cccc(c2)-c2cccc(c2)-n2c3ccccc3c3ccc4c(c32)C(C)(C)c2c1cccc2-4. The van der Waals surface area contributed by atoms with Crippen molar-refractivity contribution in [2.24, 2.45) is 9.98 Å². The number of nitrogens with zero attached hydrogens (tertiary/aromatic N) is 3. The maximum atomic E-state index is 5.31. The Balaban J connectivity index is 1.27. The van der Waals surface area contributed by atoms with Crippen molar-refractivity contribution in [3.05, 3.63) is 192 Å². The van der Waals surface area contributed by atoms with Crippen LogP contribution in [0.2, 0.25) is 0 Å². The highest BCUT2D eigenvalue weighted by Crippen LogP contribution is 2.55. The minimum atomic E-state index is -0.347. The topological polar surface area (TPSA) is 29.6 Å². The Kier molecular flexibility index (Phi) is 6.90. The van der Waals surface area contributed by atoms with Crippen LogP contribution >= 0.6 is 0 Å². The molecule has 0 saturated heterocycles. The van der Waals surface area contributed by atoms with Crippen molar-refractivity contribution in [1.29, 1.82) is 0 Å². The lowest BCUT2D eigenvalue weighted by Crippen LogP contribution is -2.18. The summed E-state index contributed by atoms with van der Waals surface area (Å²) >= 11 is 0. The standard InChI is InChI=1S/C50H37N3/c1-31-36-15-10-16-37(29-36)38-17-11-18-39(30-38)53-45-22-9-8-19-41(45)44-28-27-43-42-21-12-20-40(46(42)50(3,4)47(43)48(44)53)32(2)52-49(51-31)35-25-23-34(24-26-35)33-13-6-5-7-14-33/h5-30H,2H2,1,3-4H3. The molecule has 252 valence electrons. The zero-order valence-corrected chi connectivity index (χ0v) is 30.1. The molecule has 0 radical (unpaired) electrons. The number of hydrogen-bond acceptors (Lipinski definition) is 2. The van der Waals surface area contributed by atoms with Crippen LogP contribution in [0.3, 0.4) is 0 Å². The smallest absolute Gasteiger partial charge is 0.160 e. The van der Waals surface area contributed by atoms with Crippen LogP contribution in [-0.4, -0.2) is 16.1 Å². The van der Waals surface area contributed by atoms with Crippen molar-refractivity contribution in [1.82, 2.24) is 4.57 Å². The molecule has 8 aromatic rings. The molecule has 1 aromatic heterocycles. The van der Waals surface area contributed by atoms with Gasteiger partial charge in [-0.25, -0.2) is 9.98 Å². The second-order valence-electron chi connectivity index (χ2n) is 14.7. The van der Waals surface area contributed by atoms with E-state index in [1.165, 1.54) is 49.6 Å². The van der Waals surface area contributed by atoms with E-state index in [9.17, 15) is 0 Å². The van der Waals surface area contributed by atoms with Gasteiger partial charge in [-0.2, -0.15) is 0 Å². The quantitative estimate of drug-likeness (QED) is 0.174. The Bertz CT molecular complexity index is 2860. The van der Waals surface area contributed by atoms with E-state index in [0.717, 1.165) is 44.8 Å². The van der Waals surface area contributed by atoms with E-state index in [-0.39, 0.29) is 5.41 Å². The molecule has 3 nitrogen and oxygen atoms in total. The van der Waals surface area contributed by atoms with Gasteiger partial charge in [0.15, 0.2) is 5.84 Å². The molecular formula is C50H37N3. The average Bonchev–Trinajstić information content (AvgIpc) is 3.66. The largest absolute Gasteiger partial charge is 0.309 e. The normalized spacial score (nSPS) is 14.4. The number of amidine groups is 1. The van der Waals surface area contributed by atoms with Gasteiger partial charge in [0.05, 0.1) is 16.7 Å². The summed E-state index contributed by atoms with van der Waals surface area (Å²) in [6.07, 6.45) is 0. The minimum Gasteiger partial charge on any atom is -0.309 e. The molecule has 3 heteroatoms. The van der Waals surface area contributed by atoms with Gasteiger partial charge in [-0.15, -0.1) is 0 Å². The highest BCUT2D eigenvalue weighted by molar-refractivity contribution is 6.15. The molecule has 7 aromatic carbocycles. The second kappa shape index (κ2) is 11.7. The minimum absolute atomic E-state index is 0.347. The molecule has 0 fully saturated rings. The zero-order chi connectivity index (χ0) is 35.8. The highest BCUT2D eigenvalue weighted by Gasteiger charge is 2.40. The summed E-state index contributed by atoms with van der Waals surface area (Å²) in [5, 5.41) is 2.51. The van der Waals surface area contributed by atoms with Gasteiger partial charge in [0.1, 0.15) is 0 Å². The molecule has 0 N–H and O–H groups in total. The lowest BCUT2D eigenvalue weighted by Gasteiger charge is -2.26. The lowest BCUT2D eigenvalue weighted by atomic mass is 9.79. The van der Waals surface area contributed by atoms with Crippen LogP contribution in [0.1, 0.15) is 48.6 Å². The van der Waals surface area contributed by atoms with E-state index in [1.54, 1.807) is 0 Å². The summed E-state index contributed by atoms with van der Waals surface area (Å²) in [5.74, 6) is 0.636. The van der Waals surface area contributed by atoms with E-state index < -0.39 is 0 Å². The number of hydrogen-bond donors (Lipinski definition) is 0. The van der Waals surface area contributed by atoms with E-state index in [2.05, 4.69) is 184 Å². The van der Waals surface area contributed by atoms with E-state index in [0.29, 0.717) is 11.5 Å². The number of fused-ring (bicyclic) bond motifs is 10. The van der Waals surface area contributed by atoms with Gasteiger partial charge in [-0.1, -0.05) is 154 Å². The number of benzene rings is 7. The Morgan fingerprint density at radius 1 is 0.491 bits per heavy atom. The summed E-state index contributed by atoms with van der Waals surface area (Å²) in [7, 11) is 0. The zero-order valence-electron chi connectivity index (χ0n) is 30.1. The van der Waals surface area contributed by atoms with Crippen LogP contribution in [0, 0.1) is 0 Å². The molecule has 2 heterocycles. The fourth-order valence-electron chi connectivity index (χ4n) is 8.75. The summed E-state index contributed by atoms with van der Waals surface area (Å²) in [4.78, 5) is 10.6. The first kappa shape index (κ1) is 31.2. The molecule has 0 spiro atoms. The summed E-state index contributed by atoms with van der Waals surface area (Å²) in [6, 6.07) is 56.7. The van der Waals surface area contributed by atoms with Crippen molar-refractivity contribution < 1.29 is 0 Å². The van der Waals surface area contributed by atoms with Crippen LogP contribution < -0.4 is 0 Å². The third-order valence-electron chi connectivity index (χ3n) is 11.2. The van der Waals surface area contributed by atoms with Crippen molar-refractivity contribution in [2.45, 2.75) is 26.2 Å². The Morgan fingerprint density at radius 2 is 1.11 bits per heavy atom. The van der Waals surface area contributed by atoms with E-state index in [4.69, 9.17) is 9.98 Å². The number of aliphatic imine (C=N–C) groups is 2. The molecule has 0 saturated carbocycles. The van der Waals surface area contributed by atoms with Crippen LogP contribution in [0.5, 0.6) is 0 Å². The maximum Gasteiger partial charge on any atom is 0.160 e. The van der Waals surface area contributed by atoms with Gasteiger partial charge < -0.3 is 4.57 Å². The molecule has 10 rings (SSSR count). The molecule has 0 atom stereocenters. The molecule has 6 bridgehead atoms. The van der Waals surface area contributed by atoms with Gasteiger partial charge in [-0.3, -0.25) is 0 Å². The number of rotatable bonds is 2.